The molecular weight excluding hydrogens is 810 g/mol. The maximum atomic E-state index is 12.1. The molecule has 0 aromatic rings. The largest absolute Gasteiger partial charge is 0.472 e. The summed E-state index contributed by atoms with van der Waals surface area (Å²) >= 11 is 0. The maximum Gasteiger partial charge on any atom is 0.472 e. The normalized spacial score (nSPS) is 13.9. The van der Waals surface area contributed by atoms with Crippen LogP contribution in [0, 0.1) is 0 Å². The van der Waals surface area contributed by atoms with E-state index >= 15 is 0 Å². The molecule has 0 fully saturated rings. The lowest BCUT2D eigenvalue weighted by atomic mass is 10.0. The van der Waals surface area contributed by atoms with Crippen molar-refractivity contribution in [2.24, 2.45) is 0 Å². The van der Waals surface area contributed by atoms with Gasteiger partial charge in [0.1, 0.15) is 12.7 Å². The van der Waals surface area contributed by atoms with Gasteiger partial charge in [0.25, 0.3) is 0 Å². The monoisotopic (exact) mass is 902 g/mol. The van der Waals surface area contributed by atoms with Crippen molar-refractivity contribution in [3.05, 3.63) is 85.1 Å². The van der Waals surface area contributed by atoms with Crippen LogP contribution in [0.5, 0.6) is 0 Å². The van der Waals surface area contributed by atoms with E-state index in [1.807, 2.05) is 0 Å². The highest BCUT2D eigenvalue weighted by Gasteiger charge is 2.23. The fourth-order valence-corrected chi connectivity index (χ4v) is 7.31. The average Bonchev–Trinajstić information content (AvgIpc) is 3.27. The number of carbonyl (C=O) groups is 2. The third kappa shape index (κ3) is 50.1. The van der Waals surface area contributed by atoms with E-state index in [2.05, 4.69) is 104 Å². The number of rotatable bonds is 46. The second-order valence-corrected chi connectivity index (χ2v) is 17.9. The van der Waals surface area contributed by atoms with Gasteiger partial charge in [-0.2, -0.15) is 0 Å². The molecule has 0 aliphatic heterocycles. The second-order valence-electron chi connectivity index (χ2n) is 16.4. The lowest BCUT2D eigenvalue weighted by Crippen LogP contribution is -2.27. The zero-order chi connectivity index (χ0) is 46.0. The molecule has 362 valence electrons. The fourth-order valence-electron chi connectivity index (χ4n) is 6.55. The van der Waals surface area contributed by atoms with Gasteiger partial charge in [0, 0.05) is 19.4 Å². The number of phosphoric ester groups is 1. The van der Waals surface area contributed by atoms with Crippen molar-refractivity contribution in [2.75, 3.05) is 26.4 Å². The first-order valence-corrected chi connectivity index (χ1v) is 26.6. The Morgan fingerprint density at radius 1 is 0.508 bits per heavy atom. The van der Waals surface area contributed by atoms with Crippen LogP contribution in [0.15, 0.2) is 85.1 Å². The Morgan fingerprint density at radius 2 is 0.905 bits per heavy atom. The predicted molar refractivity (Wildman–Crippen MR) is 266 cm³/mol. The molecule has 2 unspecified atom stereocenters. The third-order valence-electron chi connectivity index (χ3n) is 10.3. The quantitative estimate of drug-likeness (QED) is 0.0238. The Bertz CT molecular complexity index is 1300. The van der Waals surface area contributed by atoms with Crippen molar-refractivity contribution in [2.45, 2.75) is 213 Å². The average molecular weight is 902 g/mol. The van der Waals surface area contributed by atoms with Crippen LogP contribution in [-0.2, 0) is 27.9 Å². The van der Waals surface area contributed by atoms with E-state index in [9.17, 15) is 24.2 Å². The van der Waals surface area contributed by atoms with Crippen molar-refractivity contribution in [3.8, 4) is 0 Å². The number of amides is 1. The molecule has 63 heavy (non-hydrogen) atoms. The van der Waals surface area contributed by atoms with Crippen molar-refractivity contribution >= 4 is 19.7 Å². The summed E-state index contributed by atoms with van der Waals surface area (Å²) in [7, 11) is -4.43. The van der Waals surface area contributed by atoms with Gasteiger partial charge < -0.3 is 20.1 Å². The standard InChI is InChI=1S/C53H92NO8P/c1-3-5-7-9-11-13-15-17-19-21-23-25-27-29-31-33-35-37-39-41-43-45-52(56)54-47-48-61-63(58,59)62-50-51(55)49-60-53(57)46-44-42-40-38-36-34-32-30-28-26-24-22-20-18-16-14-12-10-8-6-4-2/h6,8,11-14,17-20,24,26,30,32,51,55H,3-5,7,9-10,15-16,21-23,25,27-29,31,33-50H2,1-2H3,(H,54,56)(H,58,59)/b8-6-,13-11-,14-12-,19-17-,20-18-,26-24-,32-30-. The van der Waals surface area contributed by atoms with Crippen LogP contribution in [-0.4, -0.2) is 54.3 Å². The Balaban J connectivity index is 3.62. The highest BCUT2D eigenvalue weighted by atomic mass is 31.2. The lowest BCUT2D eigenvalue weighted by molar-refractivity contribution is -0.147. The maximum absolute atomic E-state index is 12.1. The van der Waals surface area contributed by atoms with Gasteiger partial charge >= 0.3 is 13.8 Å². The Labute approximate surface area is 385 Å². The molecule has 0 bridgehead atoms. The Morgan fingerprint density at radius 3 is 1.37 bits per heavy atom. The number of esters is 1. The summed E-state index contributed by atoms with van der Waals surface area (Å²) < 4.78 is 27.0. The molecule has 0 spiro atoms. The minimum Gasteiger partial charge on any atom is -0.463 e. The molecule has 0 aliphatic rings. The Hall–Kier alpha value is -2.81. The molecule has 2 atom stereocenters. The minimum atomic E-state index is -4.43. The number of allylic oxidation sites excluding steroid dienone is 14. The van der Waals surface area contributed by atoms with E-state index in [-0.39, 0.29) is 32.1 Å². The fraction of sp³-hybridized carbons (Fsp3) is 0.698. The molecule has 0 radical (unpaired) electrons. The van der Waals surface area contributed by atoms with Crippen molar-refractivity contribution < 1.29 is 37.9 Å². The van der Waals surface area contributed by atoms with Gasteiger partial charge in [0.2, 0.25) is 5.91 Å². The summed E-state index contributed by atoms with van der Waals surface area (Å²) in [5.74, 6) is -0.540. The van der Waals surface area contributed by atoms with E-state index in [4.69, 9.17) is 13.8 Å². The third-order valence-corrected chi connectivity index (χ3v) is 11.3. The van der Waals surface area contributed by atoms with Crippen LogP contribution in [0.3, 0.4) is 0 Å². The van der Waals surface area contributed by atoms with Crippen molar-refractivity contribution in [1.82, 2.24) is 5.32 Å². The van der Waals surface area contributed by atoms with Gasteiger partial charge in [0.15, 0.2) is 0 Å². The topological polar surface area (TPSA) is 131 Å². The highest BCUT2D eigenvalue weighted by Crippen LogP contribution is 2.42. The number of hydrogen-bond acceptors (Lipinski definition) is 7. The van der Waals surface area contributed by atoms with Gasteiger partial charge in [-0.15, -0.1) is 0 Å². The van der Waals surface area contributed by atoms with Gasteiger partial charge in [-0.1, -0.05) is 189 Å². The van der Waals surface area contributed by atoms with E-state index in [1.165, 1.54) is 83.5 Å². The van der Waals surface area contributed by atoms with Crippen LogP contribution >= 0.6 is 7.82 Å². The summed E-state index contributed by atoms with van der Waals surface area (Å²) in [5.41, 5.74) is 0. The molecule has 0 saturated carbocycles. The molecule has 0 aromatic carbocycles. The summed E-state index contributed by atoms with van der Waals surface area (Å²) in [6, 6.07) is 0. The Kier molecular flexibility index (Phi) is 46.5. The number of aliphatic hydroxyl groups excluding tert-OH is 1. The zero-order valence-electron chi connectivity index (χ0n) is 40.0. The number of carbonyl (C=O) groups excluding carboxylic acids is 2. The number of ether oxygens (including phenoxy) is 1. The number of unbranched alkanes of at least 4 members (excludes halogenated alkanes) is 19. The lowest BCUT2D eigenvalue weighted by Gasteiger charge is -2.15. The molecule has 1 amide bonds. The molecule has 0 rings (SSSR count). The SMILES string of the molecule is CC/C=C\C/C=C\C/C=C\C/C=C\C/C=C\CCCCCCCC(=O)OCC(O)COP(=O)(O)OCCNC(=O)CCCCCCCCCCCCC/C=C\C/C=C\CCCCC. The number of aliphatic hydroxyl groups is 1. The number of phosphoric acid groups is 1. The van der Waals surface area contributed by atoms with Crippen LogP contribution < -0.4 is 5.32 Å². The summed E-state index contributed by atoms with van der Waals surface area (Å²) in [6.07, 6.45) is 62.3. The highest BCUT2D eigenvalue weighted by molar-refractivity contribution is 7.47. The van der Waals surface area contributed by atoms with Crippen molar-refractivity contribution in [3.63, 3.8) is 0 Å². The summed E-state index contributed by atoms with van der Waals surface area (Å²) in [6.45, 7) is 3.40. The summed E-state index contributed by atoms with van der Waals surface area (Å²) in [5, 5.41) is 12.7. The van der Waals surface area contributed by atoms with E-state index in [0.29, 0.717) is 12.8 Å². The van der Waals surface area contributed by atoms with Crippen LogP contribution in [0.2, 0.25) is 0 Å². The summed E-state index contributed by atoms with van der Waals surface area (Å²) in [4.78, 5) is 34.1. The molecule has 10 heteroatoms. The molecule has 3 N–H and O–H groups in total. The first kappa shape index (κ1) is 60.2. The first-order valence-electron chi connectivity index (χ1n) is 25.1. The molecule has 9 nitrogen and oxygen atoms in total. The van der Waals surface area contributed by atoms with Crippen molar-refractivity contribution in [1.29, 1.82) is 0 Å². The molecule has 0 saturated heterocycles. The molecule has 0 heterocycles. The number of hydrogen-bond donors (Lipinski definition) is 3. The number of nitrogens with one attached hydrogen (secondary N) is 1. The molecule has 0 aromatic heterocycles. The van der Waals surface area contributed by atoms with Gasteiger partial charge in [0.05, 0.1) is 13.2 Å². The van der Waals surface area contributed by atoms with Crippen LogP contribution in [0.25, 0.3) is 0 Å². The van der Waals surface area contributed by atoms with E-state index < -0.39 is 26.5 Å². The van der Waals surface area contributed by atoms with E-state index in [1.54, 1.807) is 0 Å². The zero-order valence-corrected chi connectivity index (χ0v) is 40.9. The second kappa shape index (κ2) is 48.6. The van der Waals surface area contributed by atoms with Gasteiger partial charge in [-0.25, -0.2) is 4.57 Å². The smallest absolute Gasteiger partial charge is 0.463 e. The van der Waals surface area contributed by atoms with Crippen LogP contribution in [0.4, 0.5) is 0 Å². The van der Waals surface area contributed by atoms with Gasteiger partial charge in [-0.05, 0) is 89.9 Å². The van der Waals surface area contributed by atoms with Gasteiger partial charge in [-0.3, -0.25) is 18.6 Å². The first-order chi connectivity index (χ1) is 30.8. The molecular formula is C53H92NO8P. The molecule has 0 aliphatic carbocycles. The predicted octanol–water partition coefficient (Wildman–Crippen LogP) is 14.8. The van der Waals surface area contributed by atoms with Crippen LogP contribution in [0.1, 0.15) is 206 Å². The minimum absolute atomic E-state index is 0.0742. The van der Waals surface area contributed by atoms with E-state index in [0.717, 1.165) is 89.9 Å².